The van der Waals surface area contributed by atoms with Crippen molar-refractivity contribution in [2.45, 2.75) is 82.5 Å². The molecule has 0 aliphatic heterocycles. The molecule has 4 fully saturated rings. The highest BCUT2D eigenvalue weighted by molar-refractivity contribution is 5.89. The van der Waals surface area contributed by atoms with Gasteiger partial charge < -0.3 is 19.7 Å². The number of carbonyl (C=O) groups excluding carboxylic acids is 1. The van der Waals surface area contributed by atoms with Crippen LogP contribution in [-0.4, -0.2) is 38.9 Å². The van der Waals surface area contributed by atoms with Gasteiger partial charge in [0.05, 0.1) is 18.0 Å². The molecule has 0 amide bonds. The minimum atomic E-state index is -1.27. The molecule has 0 unspecified atom stereocenters. The number of aliphatic hydroxyl groups excluding tert-OH is 2. The van der Waals surface area contributed by atoms with Crippen LogP contribution in [0.3, 0.4) is 0 Å². The molecule has 1 aromatic heterocycles. The van der Waals surface area contributed by atoms with E-state index in [1.807, 2.05) is 6.92 Å². The number of fused-ring (bicyclic) bond motifs is 5. The minimum absolute atomic E-state index is 0.153. The number of carbonyl (C=O) groups is 1. The second-order valence-electron chi connectivity index (χ2n) is 10.8. The molecule has 0 spiro atoms. The minimum Gasteiger partial charge on any atom is -0.431 e. The van der Waals surface area contributed by atoms with Crippen molar-refractivity contribution in [1.82, 2.24) is 0 Å². The number of hydrogen-bond donors (Lipinski definition) is 3. The van der Waals surface area contributed by atoms with E-state index in [9.17, 15) is 24.9 Å². The van der Waals surface area contributed by atoms with E-state index < -0.39 is 22.7 Å². The lowest BCUT2D eigenvalue weighted by molar-refractivity contribution is -0.230. The highest BCUT2D eigenvalue weighted by Gasteiger charge is 2.73. The fourth-order valence-corrected chi connectivity index (χ4v) is 8.09. The van der Waals surface area contributed by atoms with Crippen molar-refractivity contribution in [3.63, 3.8) is 0 Å². The van der Waals surface area contributed by atoms with Crippen molar-refractivity contribution >= 4 is 5.78 Å². The van der Waals surface area contributed by atoms with Crippen LogP contribution < -0.4 is 5.63 Å². The van der Waals surface area contributed by atoms with Crippen molar-refractivity contribution in [2.75, 3.05) is 0 Å². The SMILES string of the molecule is C[C@]12CC[C@H](O)C[C@@H]1CC[C@@H]1[C@@H]2C(=O)[C@H](O)[C@]2(C)[C@H](c3ccc(=O)oc3)CC[C@]12O. The Bertz CT molecular complexity index is 904. The van der Waals surface area contributed by atoms with Gasteiger partial charge in [-0.25, -0.2) is 4.79 Å². The average Bonchev–Trinajstić information content (AvgIpc) is 3.00. The first kappa shape index (κ1) is 20.4. The molecule has 6 nitrogen and oxygen atoms in total. The first-order valence-corrected chi connectivity index (χ1v) is 11.3. The van der Waals surface area contributed by atoms with Crippen LogP contribution in [0.1, 0.15) is 70.3 Å². The van der Waals surface area contributed by atoms with E-state index in [0.29, 0.717) is 25.7 Å². The van der Waals surface area contributed by atoms with E-state index in [-0.39, 0.29) is 41.0 Å². The maximum atomic E-state index is 13.7. The summed E-state index contributed by atoms with van der Waals surface area (Å²) >= 11 is 0. The molecule has 0 saturated heterocycles. The van der Waals surface area contributed by atoms with Crippen molar-refractivity contribution < 1.29 is 24.5 Å². The van der Waals surface area contributed by atoms with E-state index >= 15 is 0 Å². The molecule has 4 aliphatic rings. The normalized spacial score (nSPS) is 50.5. The van der Waals surface area contributed by atoms with Crippen LogP contribution in [0, 0.1) is 28.6 Å². The molecular weight excluding hydrogens is 384 g/mol. The van der Waals surface area contributed by atoms with E-state index in [2.05, 4.69) is 6.92 Å². The maximum Gasteiger partial charge on any atom is 0.335 e. The Morgan fingerprint density at radius 3 is 2.50 bits per heavy atom. The third kappa shape index (κ3) is 2.41. The molecule has 0 aromatic carbocycles. The van der Waals surface area contributed by atoms with E-state index in [0.717, 1.165) is 24.8 Å². The Balaban J connectivity index is 1.58. The van der Waals surface area contributed by atoms with Crippen LogP contribution in [0.25, 0.3) is 0 Å². The molecule has 4 saturated carbocycles. The summed E-state index contributed by atoms with van der Waals surface area (Å²) < 4.78 is 5.07. The molecule has 0 bridgehead atoms. The van der Waals surface area contributed by atoms with E-state index in [1.165, 1.54) is 12.3 Å². The smallest absolute Gasteiger partial charge is 0.335 e. The summed E-state index contributed by atoms with van der Waals surface area (Å²) in [7, 11) is 0. The Labute approximate surface area is 176 Å². The fourth-order valence-electron chi connectivity index (χ4n) is 8.09. The Morgan fingerprint density at radius 2 is 1.80 bits per heavy atom. The van der Waals surface area contributed by atoms with Gasteiger partial charge in [-0.1, -0.05) is 13.8 Å². The quantitative estimate of drug-likeness (QED) is 0.649. The molecule has 3 N–H and O–H groups in total. The lowest BCUT2D eigenvalue weighted by Gasteiger charge is -2.63. The first-order chi connectivity index (χ1) is 14.1. The summed E-state index contributed by atoms with van der Waals surface area (Å²) in [6.07, 6.45) is 4.71. The summed E-state index contributed by atoms with van der Waals surface area (Å²) in [5.41, 5.74) is -2.17. The number of ketones is 1. The molecule has 1 heterocycles. The fraction of sp³-hybridized carbons (Fsp3) is 0.750. The van der Waals surface area contributed by atoms with Gasteiger partial charge in [0, 0.05) is 17.4 Å². The van der Waals surface area contributed by atoms with Crippen molar-refractivity contribution in [3.05, 3.63) is 34.4 Å². The van der Waals surface area contributed by atoms with E-state index in [4.69, 9.17) is 4.42 Å². The second kappa shape index (κ2) is 6.50. The van der Waals surface area contributed by atoms with Crippen LogP contribution in [0.4, 0.5) is 0 Å². The number of rotatable bonds is 1. The van der Waals surface area contributed by atoms with Gasteiger partial charge in [-0.15, -0.1) is 0 Å². The lowest BCUT2D eigenvalue weighted by atomic mass is 9.42. The van der Waals surface area contributed by atoms with Gasteiger partial charge in [0.2, 0.25) is 0 Å². The number of hydrogen-bond acceptors (Lipinski definition) is 6. The van der Waals surface area contributed by atoms with Crippen LogP contribution in [-0.2, 0) is 4.79 Å². The van der Waals surface area contributed by atoms with Crippen molar-refractivity contribution in [1.29, 1.82) is 0 Å². The number of Topliss-reactive ketones (excluding diaryl/α,β-unsaturated/α-hetero) is 1. The largest absolute Gasteiger partial charge is 0.431 e. The first-order valence-electron chi connectivity index (χ1n) is 11.3. The standard InChI is InChI=1S/C24H32O6/c1-22-9-7-15(25)11-14(22)4-5-17-19(22)20(27)21(28)23(2)16(8-10-24(17,23)29)13-3-6-18(26)30-12-13/h3,6,12,14-17,19,21,25,28-29H,4-5,7-11H2,1-2H3/t14-,15-,16-,17+,19+,21-,22-,23-,24-/m0/s1. The van der Waals surface area contributed by atoms with Crippen LogP contribution in [0.5, 0.6) is 0 Å². The molecule has 6 heteroatoms. The molecule has 30 heavy (non-hydrogen) atoms. The van der Waals surface area contributed by atoms with Crippen molar-refractivity contribution in [3.8, 4) is 0 Å². The van der Waals surface area contributed by atoms with Gasteiger partial charge in [0.1, 0.15) is 6.10 Å². The predicted molar refractivity (Wildman–Crippen MR) is 109 cm³/mol. The highest BCUT2D eigenvalue weighted by atomic mass is 16.4. The maximum absolute atomic E-state index is 13.7. The van der Waals surface area contributed by atoms with Crippen LogP contribution in [0.2, 0.25) is 0 Å². The topological polar surface area (TPSA) is 108 Å². The zero-order valence-electron chi connectivity index (χ0n) is 17.7. The molecule has 164 valence electrons. The van der Waals surface area contributed by atoms with Gasteiger partial charge in [0.25, 0.3) is 0 Å². The average molecular weight is 417 g/mol. The molecule has 4 aliphatic carbocycles. The highest BCUT2D eigenvalue weighted by Crippen LogP contribution is 2.69. The van der Waals surface area contributed by atoms with Gasteiger partial charge in [0.15, 0.2) is 5.78 Å². The summed E-state index contributed by atoms with van der Waals surface area (Å²) in [5, 5.41) is 33.7. The molecule has 1 aromatic rings. The van der Waals surface area contributed by atoms with Gasteiger partial charge in [-0.2, -0.15) is 0 Å². The second-order valence-corrected chi connectivity index (χ2v) is 10.8. The van der Waals surface area contributed by atoms with Crippen LogP contribution >= 0.6 is 0 Å². The zero-order valence-corrected chi connectivity index (χ0v) is 17.7. The summed E-state index contributed by atoms with van der Waals surface area (Å²) in [6.45, 7) is 3.98. The third-order valence-corrected chi connectivity index (χ3v) is 9.80. The number of aliphatic hydroxyl groups is 3. The molecule has 5 rings (SSSR count). The molecule has 0 radical (unpaired) electrons. The monoisotopic (exact) mass is 416 g/mol. The Kier molecular flexibility index (Phi) is 4.42. The molecular formula is C24H32O6. The van der Waals surface area contributed by atoms with Gasteiger partial charge >= 0.3 is 5.63 Å². The lowest BCUT2D eigenvalue weighted by Crippen LogP contribution is -2.70. The molecule has 9 atom stereocenters. The van der Waals surface area contributed by atoms with Gasteiger partial charge in [-0.05, 0) is 79.7 Å². The summed E-state index contributed by atoms with van der Waals surface area (Å²) in [6, 6.07) is 3.05. The van der Waals surface area contributed by atoms with Crippen LogP contribution in [0.15, 0.2) is 27.6 Å². The Morgan fingerprint density at radius 1 is 1.03 bits per heavy atom. The summed E-state index contributed by atoms with van der Waals surface area (Å²) in [4.78, 5) is 25.1. The summed E-state index contributed by atoms with van der Waals surface area (Å²) in [5.74, 6) is -0.752. The van der Waals surface area contributed by atoms with Crippen molar-refractivity contribution in [2.24, 2.45) is 28.6 Å². The predicted octanol–water partition coefficient (Wildman–Crippen LogP) is 2.39. The zero-order chi connectivity index (χ0) is 21.5. The van der Waals surface area contributed by atoms with Gasteiger partial charge in [-0.3, -0.25) is 4.79 Å². The Hall–Kier alpha value is -1.50. The van der Waals surface area contributed by atoms with E-state index in [1.54, 1.807) is 6.07 Å². The third-order valence-electron chi connectivity index (χ3n) is 9.80.